The van der Waals surface area contributed by atoms with Crippen LogP contribution in [0.15, 0.2) is 53.2 Å². The molecule has 1 spiro atoms. The summed E-state index contributed by atoms with van der Waals surface area (Å²) < 4.78 is 17.0. The van der Waals surface area contributed by atoms with E-state index in [2.05, 4.69) is 20.0 Å². The van der Waals surface area contributed by atoms with Gasteiger partial charge in [-0.25, -0.2) is 4.98 Å². The lowest BCUT2D eigenvalue weighted by Gasteiger charge is -2.38. The summed E-state index contributed by atoms with van der Waals surface area (Å²) in [5.41, 5.74) is 1.74. The minimum atomic E-state index is -0.367. The van der Waals surface area contributed by atoms with Gasteiger partial charge in [0, 0.05) is 37.7 Å². The molecule has 0 bridgehead atoms. The zero-order chi connectivity index (χ0) is 18.1. The van der Waals surface area contributed by atoms with Gasteiger partial charge < -0.3 is 18.9 Å². The normalized spacial score (nSPS) is 18.9. The number of hydrogen-bond acceptors (Lipinski definition) is 7. The Morgan fingerprint density at radius 2 is 1.67 bits per heavy atom. The van der Waals surface area contributed by atoms with Crippen LogP contribution in [0.3, 0.4) is 0 Å². The summed E-state index contributed by atoms with van der Waals surface area (Å²) >= 11 is 0. The number of piperidine rings is 1. The summed E-state index contributed by atoms with van der Waals surface area (Å²) in [6, 6.07) is 13.7. The van der Waals surface area contributed by atoms with Gasteiger partial charge in [-0.15, -0.1) is 0 Å². The minimum absolute atomic E-state index is 0.367. The van der Waals surface area contributed by atoms with E-state index in [1.807, 2.05) is 42.5 Å². The van der Waals surface area contributed by atoms with Crippen molar-refractivity contribution < 1.29 is 14.0 Å². The Kier molecular flexibility index (Phi) is 4.10. The van der Waals surface area contributed by atoms with Crippen molar-refractivity contribution in [2.75, 3.05) is 31.2 Å². The molecule has 2 aliphatic heterocycles. The topological polar surface area (TPSA) is 73.5 Å². The third kappa shape index (κ3) is 3.20. The van der Waals surface area contributed by atoms with Crippen molar-refractivity contribution in [2.24, 2.45) is 0 Å². The third-order valence-corrected chi connectivity index (χ3v) is 5.12. The van der Waals surface area contributed by atoms with Crippen molar-refractivity contribution in [3.8, 4) is 22.8 Å². The first-order valence-electron chi connectivity index (χ1n) is 9.20. The van der Waals surface area contributed by atoms with E-state index in [1.54, 1.807) is 6.20 Å². The molecule has 0 atom stereocenters. The van der Waals surface area contributed by atoms with Crippen LogP contribution >= 0.6 is 0 Å². The maximum absolute atomic E-state index is 5.78. The molecule has 7 heteroatoms. The Bertz CT molecular complexity index is 894. The number of rotatable bonds is 3. The summed E-state index contributed by atoms with van der Waals surface area (Å²) in [5.74, 6) is 1.62. The van der Waals surface area contributed by atoms with E-state index in [1.165, 1.54) is 0 Å². The van der Waals surface area contributed by atoms with E-state index >= 15 is 0 Å². The second-order valence-electron chi connectivity index (χ2n) is 6.79. The second kappa shape index (κ2) is 6.75. The van der Waals surface area contributed by atoms with Gasteiger partial charge in [0.05, 0.1) is 18.8 Å². The first-order chi connectivity index (χ1) is 13.3. The number of anilines is 1. The molecular weight excluding hydrogens is 344 g/mol. The Morgan fingerprint density at radius 3 is 2.37 bits per heavy atom. The Balaban J connectivity index is 1.29. The van der Waals surface area contributed by atoms with Crippen LogP contribution in [0.1, 0.15) is 12.8 Å². The van der Waals surface area contributed by atoms with Crippen LogP contribution in [0.5, 0.6) is 0 Å². The number of pyridine rings is 1. The monoisotopic (exact) mass is 364 g/mol. The first kappa shape index (κ1) is 16.4. The molecule has 2 fully saturated rings. The molecule has 0 saturated carbocycles. The molecule has 0 N–H and O–H groups in total. The Hall–Kier alpha value is -2.77. The molecule has 0 amide bonds. The fourth-order valence-electron chi connectivity index (χ4n) is 3.61. The third-order valence-electron chi connectivity index (χ3n) is 5.12. The van der Waals surface area contributed by atoms with E-state index in [-0.39, 0.29) is 5.79 Å². The van der Waals surface area contributed by atoms with Crippen molar-refractivity contribution in [3.05, 3.63) is 48.7 Å². The van der Waals surface area contributed by atoms with Gasteiger partial charge in [-0.3, -0.25) is 0 Å². The first-order valence-corrected chi connectivity index (χ1v) is 9.20. The van der Waals surface area contributed by atoms with Gasteiger partial charge in [-0.2, -0.15) is 4.98 Å². The zero-order valence-corrected chi connectivity index (χ0v) is 14.9. The van der Waals surface area contributed by atoms with Crippen molar-refractivity contribution in [3.63, 3.8) is 0 Å². The van der Waals surface area contributed by atoms with Crippen molar-refractivity contribution in [1.82, 2.24) is 15.1 Å². The zero-order valence-electron chi connectivity index (χ0n) is 14.9. The van der Waals surface area contributed by atoms with Crippen LogP contribution in [-0.4, -0.2) is 47.2 Å². The van der Waals surface area contributed by atoms with Gasteiger partial charge in [-0.05, 0) is 12.1 Å². The molecule has 0 radical (unpaired) electrons. The van der Waals surface area contributed by atoms with Crippen LogP contribution in [-0.2, 0) is 9.47 Å². The van der Waals surface area contributed by atoms with E-state index in [0.717, 1.165) is 42.9 Å². The predicted molar refractivity (Wildman–Crippen MR) is 99.0 cm³/mol. The number of benzene rings is 1. The molecule has 4 heterocycles. The average molecular weight is 364 g/mol. The van der Waals surface area contributed by atoms with E-state index in [0.29, 0.717) is 24.9 Å². The molecule has 1 aromatic carbocycles. The predicted octanol–water partition coefficient (Wildman–Crippen LogP) is 3.14. The Morgan fingerprint density at radius 1 is 0.889 bits per heavy atom. The van der Waals surface area contributed by atoms with Gasteiger partial charge in [0.25, 0.3) is 5.89 Å². The summed E-state index contributed by atoms with van der Waals surface area (Å²) in [6.07, 6.45) is 3.51. The van der Waals surface area contributed by atoms with Gasteiger partial charge >= 0.3 is 0 Å². The molecular formula is C20H20N4O3. The highest BCUT2D eigenvalue weighted by Gasteiger charge is 2.40. The van der Waals surface area contributed by atoms with Gasteiger partial charge in [-0.1, -0.05) is 35.5 Å². The smallest absolute Gasteiger partial charge is 0.259 e. The largest absolute Gasteiger partial charge is 0.356 e. The average Bonchev–Trinajstić information content (AvgIpc) is 3.40. The number of aromatic nitrogens is 3. The summed E-state index contributed by atoms with van der Waals surface area (Å²) in [5, 5.41) is 4.06. The van der Waals surface area contributed by atoms with Gasteiger partial charge in [0.1, 0.15) is 5.82 Å². The SMILES string of the molecule is c1ccc(-c2noc(-c3ccc(N4CCC5(CC4)OCCO5)nc3)n2)cc1. The molecule has 3 aromatic rings. The van der Waals surface area contributed by atoms with Crippen LogP contribution < -0.4 is 4.90 Å². The highest BCUT2D eigenvalue weighted by atomic mass is 16.7. The number of hydrogen-bond donors (Lipinski definition) is 0. The highest BCUT2D eigenvalue weighted by Crippen LogP contribution is 2.33. The maximum atomic E-state index is 5.78. The van der Waals surface area contributed by atoms with Crippen LogP contribution in [0.25, 0.3) is 22.8 Å². The standard InChI is InChI=1S/C20H20N4O3/c1-2-4-15(5-3-1)18-22-19(27-23-18)16-6-7-17(21-14-16)24-10-8-20(9-11-24)25-12-13-26-20/h1-7,14H,8-13H2. The lowest BCUT2D eigenvalue weighted by Crippen LogP contribution is -2.45. The lowest BCUT2D eigenvalue weighted by atomic mass is 10.0. The van der Waals surface area contributed by atoms with Crippen molar-refractivity contribution in [1.29, 1.82) is 0 Å². The van der Waals surface area contributed by atoms with E-state index in [9.17, 15) is 0 Å². The molecule has 2 aliphatic rings. The number of ether oxygens (including phenoxy) is 2. The van der Waals surface area contributed by atoms with Gasteiger partial charge in [0.15, 0.2) is 5.79 Å². The van der Waals surface area contributed by atoms with Crippen LogP contribution in [0.4, 0.5) is 5.82 Å². The molecule has 27 heavy (non-hydrogen) atoms. The molecule has 5 rings (SSSR count). The molecule has 0 aliphatic carbocycles. The fraction of sp³-hybridized carbons (Fsp3) is 0.350. The van der Waals surface area contributed by atoms with Crippen LogP contribution in [0, 0.1) is 0 Å². The molecule has 2 aromatic heterocycles. The van der Waals surface area contributed by atoms with Crippen molar-refractivity contribution in [2.45, 2.75) is 18.6 Å². The molecule has 7 nitrogen and oxygen atoms in total. The molecule has 2 saturated heterocycles. The quantitative estimate of drug-likeness (QED) is 0.707. The summed E-state index contributed by atoms with van der Waals surface area (Å²) in [7, 11) is 0. The van der Waals surface area contributed by atoms with Gasteiger partial charge in [0.2, 0.25) is 5.82 Å². The van der Waals surface area contributed by atoms with E-state index in [4.69, 9.17) is 14.0 Å². The summed E-state index contributed by atoms with van der Waals surface area (Å²) in [6.45, 7) is 3.13. The summed E-state index contributed by atoms with van der Waals surface area (Å²) in [4.78, 5) is 11.3. The Labute approximate surface area is 156 Å². The van der Waals surface area contributed by atoms with E-state index < -0.39 is 0 Å². The lowest BCUT2D eigenvalue weighted by molar-refractivity contribution is -0.169. The molecule has 0 unspecified atom stereocenters. The maximum Gasteiger partial charge on any atom is 0.259 e. The second-order valence-corrected chi connectivity index (χ2v) is 6.79. The van der Waals surface area contributed by atoms with Crippen molar-refractivity contribution >= 4 is 5.82 Å². The fourth-order valence-corrected chi connectivity index (χ4v) is 3.61. The molecule has 138 valence electrons. The number of nitrogens with zero attached hydrogens (tertiary/aromatic N) is 4. The minimum Gasteiger partial charge on any atom is -0.356 e. The van der Waals surface area contributed by atoms with Crippen LogP contribution in [0.2, 0.25) is 0 Å². The highest BCUT2D eigenvalue weighted by molar-refractivity contribution is 5.60.